The van der Waals surface area contributed by atoms with Crippen LogP contribution in [0.1, 0.15) is 31.5 Å². The minimum absolute atomic E-state index is 0.00389. The topological polar surface area (TPSA) is 62.1 Å². The third-order valence-electron chi connectivity index (χ3n) is 4.57. The minimum atomic E-state index is -0.969. The van der Waals surface area contributed by atoms with Gasteiger partial charge in [-0.1, -0.05) is 18.6 Å². The summed E-state index contributed by atoms with van der Waals surface area (Å²) in [6.45, 7) is 1.78. The van der Waals surface area contributed by atoms with Gasteiger partial charge in [-0.3, -0.25) is 0 Å². The maximum Gasteiger partial charge on any atom is 0.153 e. The van der Waals surface area contributed by atoms with Gasteiger partial charge in [-0.15, -0.1) is 0 Å². The van der Waals surface area contributed by atoms with Crippen molar-refractivity contribution >= 4 is 0 Å². The fraction of sp³-hybridized carbons (Fsp3) is 0.667. The number of hydrogen-bond acceptors (Lipinski definition) is 4. The van der Waals surface area contributed by atoms with E-state index in [0.29, 0.717) is 0 Å². The highest BCUT2D eigenvalue weighted by molar-refractivity contribution is 5.17. The first-order valence-corrected chi connectivity index (χ1v) is 7.55. The highest BCUT2D eigenvalue weighted by Gasteiger charge is 2.48. The van der Waals surface area contributed by atoms with Crippen molar-refractivity contribution in [3.8, 4) is 0 Å². The second kappa shape index (κ2) is 5.68. The molecule has 3 unspecified atom stereocenters. The van der Waals surface area contributed by atoms with E-state index in [9.17, 15) is 5.11 Å². The lowest BCUT2D eigenvalue weighted by Crippen LogP contribution is -2.62. The molecular formula is C15H24N4O. The molecule has 5 heteroatoms. The SMILES string of the molecule is Cn1ccnc1C(O)(C1CC=CCN1)C1CCCCN1. The Labute approximate surface area is 120 Å². The van der Waals surface area contributed by atoms with Gasteiger partial charge in [0.15, 0.2) is 5.60 Å². The molecule has 0 aromatic carbocycles. The zero-order valence-corrected chi connectivity index (χ0v) is 12.0. The Kier molecular flexibility index (Phi) is 3.92. The molecule has 0 aliphatic carbocycles. The van der Waals surface area contributed by atoms with Crippen LogP contribution in [-0.4, -0.2) is 39.8 Å². The van der Waals surface area contributed by atoms with Crippen molar-refractivity contribution in [1.82, 2.24) is 20.2 Å². The normalized spacial score (nSPS) is 30.1. The summed E-state index contributed by atoms with van der Waals surface area (Å²) in [5.41, 5.74) is -0.969. The molecule has 1 saturated heterocycles. The van der Waals surface area contributed by atoms with Crippen LogP contribution in [0.2, 0.25) is 0 Å². The van der Waals surface area contributed by atoms with Crippen molar-refractivity contribution in [3.63, 3.8) is 0 Å². The molecule has 1 fully saturated rings. The van der Waals surface area contributed by atoms with Gasteiger partial charge in [-0.25, -0.2) is 4.98 Å². The first-order chi connectivity index (χ1) is 9.73. The smallest absolute Gasteiger partial charge is 0.153 e. The number of hydrogen-bond donors (Lipinski definition) is 3. The van der Waals surface area contributed by atoms with Crippen LogP contribution in [0.15, 0.2) is 24.5 Å². The number of rotatable bonds is 3. The third-order valence-corrected chi connectivity index (χ3v) is 4.57. The summed E-state index contributed by atoms with van der Waals surface area (Å²) in [7, 11) is 1.95. The minimum Gasteiger partial charge on any atom is -0.379 e. The largest absolute Gasteiger partial charge is 0.379 e. The summed E-state index contributed by atoms with van der Waals surface area (Å²) in [4.78, 5) is 4.45. The Balaban J connectivity index is 1.97. The first-order valence-electron chi connectivity index (χ1n) is 7.55. The van der Waals surface area contributed by atoms with E-state index in [4.69, 9.17) is 0 Å². The van der Waals surface area contributed by atoms with E-state index in [2.05, 4.69) is 27.8 Å². The number of aryl methyl sites for hydroxylation is 1. The predicted molar refractivity (Wildman–Crippen MR) is 78.3 cm³/mol. The summed E-state index contributed by atoms with van der Waals surface area (Å²) in [6, 6.07) is 0.0607. The molecule has 5 nitrogen and oxygen atoms in total. The van der Waals surface area contributed by atoms with E-state index in [0.717, 1.165) is 38.2 Å². The van der Waals surface area contributed by atoms with Gasteiger partial charge in [0.2, 0.25) is 0 Å². The van der Waals surface area contributed by atoms with Gasteiger partial charge in [-0.05, 0) is 25.8 Å². The molecule has 3 N–H and O–H groups in total. The molecule has 2 aliphatic rings. The van der Waals surface area contributed by atoms with Gasteiger partial charge < -0.3 is 20.3 Å². The molecule has 20 heavy (non-hydrogen) atoms. The third kappa shape index (κ3) is 2.30. The van der Waals surface area contributed by atoms with Crippen LogP contribution in [0.25, 0.3) is 0 Å². The fourth-order valence-corrected chi connectivity index (χ4v) is 3.48. The van der Waals surface area contributed by atoms with Crippen LogP contribution < -0.4 is 10.6 Å². The van der Waals surface area contributed by atoms with Crippen molar-refractivity contribution in [1.29, 1.82) is 0 Å². The van der Waals surface area contributed by atoms with Gasteiger partial charge in [0.05, 0.1) is 0 Å². The zero-order chi connectivity index (χ0) is 14.0. The van der Waals surface area contributed by atoms with Crippen LogP contribution in [-0.2, 0) is 12.6 Å². The van der Waals surface area contributed by atoms with Gasteiger partial charge in [0.25, 0.3) is 0 Å². The Morgan fingerprint density at radius 1 is 1.30 bits per heavy atom. The molecule has 110 valence electrons. The first kappa shape index (κ1) is 13.8. The number of aliphatic hydroxyl groups is 1. The number of nitrogens with zero attached hydrogens (tertiary/aromatic N) is 2. The van der Waals surface area contributed by atoms with Gasteiger partial charge in [0, 0.05) is 38.1 Å². The highest BCUT2D eigenvalue weighted by Crippen LogP contribution is 2.34. The van der Waals surface area contributed by atoms with Gasteiger partial charge in [0.1, 0.15) is 5.82 Å². The number of imidazole rings is 1. The van der Waals surface area contributed by atoms with E-state index in [-0.39, 0.29) is 12.1 Å². The standard InChI is InChI=1S/C15H24N4O/c1-19-11-10-18-14(19)15(20,12-6-2-4-8-16-12)13-7-3-5-9-17-13/h2,4,10-13,16-17,20H,3,5-9H2,1H3. The van der Waals surface area contributed by atoms with Crippen LogP contribution in [0.5, 0.6) is 0 Å². The maximum atomic E-state index is 11.6. The number of nitrogens with one attached hydrogen (secondary N) is 2. The summed E-state index contributed by atoms with van der Waals surface area (Å²) >= 11 is 0. The molecule has 1 aromatic rings. The number of aromatic nitrogens is 2. The quantitative estimate of drug-likeness (QED) is 0.710. The van der Waals surface area contributed by atoms with Gasteiger partial charge in [-0.2, -0.15) is 0 Å². The lowest BCUT2D eigenvalue weighted by atomic mass is 9.79. The number of piperidine rings is 1. The molecule has 0 spiro atoms. The molecule has 0 radical (unpaired) electrons. The lowest BCUT2D eigenvalue weighted by molar-refractivity contribution is -0.0546. The lowest BCUT2D eigenvalue weighted by Gasteiger charge is -2.44. The van der Waals surface area contributed by atoms with Crippen LogP contribution in [0.4, 0.5) is 0 Å². The fourth-order valence-electron chi connectivity index (χ4n) is 3.48. The Bertz CT molecular complexity index is 478. The summed E-state index contributed by atoms with van der Waals surface area (Å²) in [5.74, 6) is 0.754. The van der Waals surface area contributed by atoms with Crippen molar-refractivity contribution < 1.29 is 5.11 Å². The van der Waals surface area contributed by atoms with Crippen LogP contribution in [0.3, 0.4) is 0 Å². The maximum absolute atomic E-state index is 11.6. The van der Waals surface area contributed by atoms with E-state index < -0.39 is 5.60 Å². The van der Waals surface area contributed by atoms with E-state index in [1.165, 1.54) is 6.42 Å². The highest BCUT2D eigenvalue weighted by atomic mass is 16.3. The zero-order valence-electron chi connectivity index (χ0n) is 12.0. The second-order valence-corrected chi connectivity index (χ2v) is 5.86. The molecule has 3 rings (SSSR count). The molecule has 2 aliphatic heterocycles. The van der Waals surface area contributed by atoms with Gasteiger partial charge >= 0.3 is 0 Å². The Morgan fingerprint density at radius 2 is 2.20 bits per heavy atom. The van der Waals surface area contributed by atoms with Crippen molar-refractivity contribution in [2.75, 3.05) is 13.1 Å². The molecule has 3 atom stereocenters. The average molecular weight is 276 g/mol. The monoisotopic (exact) mass is 276 g/mol. The Hall–Kier alpha value is -1.17. The van der Waals surface area contributed by atoms with E-state index in [1.807, 2.05) is 17.8 Å². The molecular weight excluding hydrogens is 252 g/mol. The summed E-state index contributed by atoms with van der Waals surface area (Å²) in [5, 5.41) is 18.5. The van der Waals surface area contributed by atoms with E-state index in [1.54, 1.807) is 6.20 Å². The van der Waals surface area contributed by atoms with Crippen molar-refractivity contribution in [2.45, 2.75) is 43.4 Å². The summed E-state index contributed by atoms with van der Waals surface area (Å²) in [6.07, 6.45) is 12.1. The van der Waals surface area contributed by atoms with E-state index >= 15 is 0 Å². The predicted octanol–water partition coefficient (Wildman–Crippen LogP) is 0.668. The molecule has 0 saturated carbocycles. The van der Waals surface area contributed by atoms with Crippen LogP contribution in [0, 0.1) is 0 Å². The Morgan fingerprint density at radius 3 is 2.80 bits per heavy atom. The van der Waals surface area contributed by atoms with Crippen LogP contribution >= 0.6 is 0 Å². The molecule has 3 heterocycles. The van der Waals surface area contributed by atoms with Crippen molar-refractivity contribution in [3.05, 3.63) is 30.4 Å². The molecule has 0 bridgehead atoms. The molecule has 1 aromatic heterocycles. The second-order valence-electron chi connectivity index (χ2n) is 5.86. The van der Waals surface area contributed by atoms with Crippen molar-refractivity contribution in [2.24, 2.45) is 7.05 Å². The summed E-state index contributed by atoms with van der Waals surface area (Å²) < 4.78 is 1.94. The average Bonchev–Trinajstić information content (AvgIpc) is 2.95. The molecule has 0 amide bonds.